The molecule has 0 aliphatic rings. The number of hydrogen-bond acceptors (Lipinski definition) is 4. The van der Waals surface area contributed by atoms with E-state index in [0.717, 1.165) is 11.8 Å². The molecule has 3 nitrogen and oxygen atoms in total. The summed E-state index contributed by atoms with van der Waals surface area (Å²) in [7, 11) is 0. The van der Waals surface area contributed by atoms with Crippen LogP contribution in [-0.4, -0.2) is 33.8 Å². The Morgan fingerprint density at radius 3 is 2.56 bits per heavy atom. The van der Waals surface area contributed by atoms with Crippen molar-refractivity contribution in [1.29, 1.82) is 0 Å². The monoisotopic (exact) mass is 246 g/mol. The van der Waals surface area contributed by atoms with Crippen molar-refractivity contribution in [2.75, 3.05) is 12.4 Å². The third kappa shape index (κ3) is 3.75. The highest BCUT2D eigenvalue weighted by Crippen LogP contribution is 2.25. The lowest BCUT2D eigenvalue weighted by atomic mass is 10.1. The van der Waals surface area contributed by atoms with Gasteiger partial charge in [0.15, 0.2) is 0 Å². The first-order chi connectivity index (χ1) is 7.54. The zero-order chi connectivity index (χ0) is 12.1. The molecule has 0 amide bonds. The summed E-state index contributed by atoms with van der Waals surface area (Å²) in [6.07, 6.45) is -1.54. The molecule has 0 radical (unpaired) electrons. The van der Waals surface area contributed by atoms with E-state index in [4.69, 9.17) is 10.2 Å². The fraction of sp³-hybridized carbons (Fsp3) is 0.455. The van der Waals surface area contributed by atoms with Crippen molar-refractivity contribution in [1.82, 2.24) is 0 Å². The minimum atomic E-state index is -0.846. The van der Waals surface area contributed by atoms with Gasteiger partial charge in [-0.15, -0.1) is 11.8 Å². The Kier molecular flexibility index (Phi) is 5.21. The van der Waals surface area contributed by atoms with Crippen LogP contribution in [0, 0.1) is 5.82 Å². The first kappa shape index (κ1) is 13.4. The molecular weight excluding hydrogens is 231 g/mol. The van der Waals surface area contributed by atoms with E-state index in [1.54, 1.807) is 19.1 Å². The molecule has 0 heterocycles. The summed E-state index contributed by atoms with van der Waals surface area (Å²) in [5, 5.41) is 27.0. The summed E-state index contributed by atoms with van der Waals surface area (Å²) >= 11 is 1.13. The molecule has 1 aromatic rings. The van der Waals surface area contributed by atoms with Gasteiger partial charge in [-0.1, -0.05) is 6.07 Å². The van der Waals surface area contributed by atoms with Crippen molar-refractivity contribution in [3.8, 4) is 0 Å². The van der Waals surface area contributed by atoms with Crippen LogP contribution >= 0.6 is 11.8 Å². The minimum absolute atomic E-state index is 0.238. The summed E-state index contributed by atoms with van der Waals surface area (Å²) in [5.41, 5.74) is 0.518. The molecule has 5 heteroatoms. The number of hydrogen-bond donors (Lipinski definition) is 3. The van der Waals surface area contributed by atoms with Gasteiger partial charge in [0, 0.05) is 10.6 Å². The van der Waals surface area contributed by atoms with Gasteiger partial charge in [0.05, 0.1) is 18.8 Å². The van der Waals surface area contributed by atoms with Crippen LogP contribution in [0.25, 0.3) is 0 Å². The van der Waals surface area contributed by atoms with Gasteiger partial charge >= 0.3 is 0 Å². The van der Waals surface area contributed by atoms with E-state index in [1.807, 2.05) is 0 Å². The van der Waals surface area contributed by atoms with E-state index in [0.29, 0.717) is 10.5 Å². The summed E-state index contributed by atoms with van der Waals surface area (Å²) in [6, 6.07) is 4.48. The van der Waals surface area contributed by atoms with Gasteiger partial charge in [0.2, 0.25) is 0 Å². The lowest BCUT2D eigenvalue weighted by Gasteiger charge is -2.09. The summed E-state index contributed by atoms with van der Waals surface area (Å²) < 4.78 is 13.5. The van der Waals surface area contributed by atoms with Gasteiger partial charge in [0.25, 0.3) is 0 Å². The average molecular weight is 246 g/mol. The number of rotatable bonds is 5. The fourth-order valence-electron chi connectivity index (χ4n) is 1.13. The number of benzene rings is 1. The first-order valence-corrected chi connectivity index (χ1v) is 5.92. The molecule has 1 rings (SSSR count). The Balaban J connectivity index is 2.68. The molecule has 2 atom stereocenters. The van der Waals surface area contributed by atoms with Gasteiger partial charge in [-0.3, -0.25) is 0 Å². The maximum atomic E-state index is 13.5. The third-order valence-corrected chi connectivity index (χ3v) is 3.27. The molecule has 0 saturated heterocycles. The first-order valence-electron chi connectivity index (χ1n) is 4.93. The fourth-order valence-corrected chi connectivity index (χ4v) is 1.97. The van der Waals surface area contributed by atoms with E-state index < -0.39 is 18.0 Å². The number of halogens is 1. The smallest absolute Gasteiger partial charge is 0.137 e. The molecule has 0 aromatic heterocycles. The molecular formula is C11H15FO3S. The van der Waals surface area contributed by atoms with Crippen molar-refractivity contribution >= 4 is 11.8 Å². The van der Waals surface area contributed by atoms with Crippen molar-refractivity contribution in [2.24, 2.45) is 0 Å². The predicted molar refractivity (Wildman–Crippen MR) is 60.9 cm³/mol. The number of thioether (sulfide) groups is 1. The second-order valence-corrected chi connectivity index (χ2v) is 4.58. The Labute approximate surface area is 97.9 Å². The van der Waals surface area contributed by atoms with E-state index in [-0.39, 0.29) is 12.4 Å². The largest absolute Gasteiger partial charge is 0.394 e. The number of aliphatic hydroxyl groups excluding tert-OH is 3. The van der Waals surface area contributed by atoms with E-state index in [9.17, 15) is 9.50 Å². The van der Waals surface area contributed by atoms with Gasteiger partial charge in [-0.2, -0.15) is 0 Å². The predicted octanol–water partition coefficient (Wildman–Crippen LogP) is 1.32. The van der Waals surface area contributed by atoms with Crippen LogP contribution in [0.15, 0.2) is 23.1 Å². The van der Waals surface area contributed by atoms with Crippen LogP contribution in [0.5, 0.6) is 0 Å². The van der Waals surface area contributed by atoms with Crippen LogP contribution < -0.4 is 0 Å². The molecule has 90 valence electrons. The Hall–Kier alpha value is -0.620. The molecule has 0 spiro atoms. The molecule has 0 bridgehead atoms. The van der Waals surface area contributed by atoms with Gasteiger partial charge in [-0.05, 0) is 24.6 Å². The zero-order valence-electron chi connectivity index (χ0n) is 8.93. The molecule has 3 N–H and O–H groups in total. The topological polar surface area (TPSA) is 60.7 Å². The third-order valence-electron chi connectivity index (χ3n) is 2.08. The van der Waals surface area contributed by atoms with Gasteiger partial charge in [0.1, 0.15) is 5.82 Å². The number of aliphatic hydroxyl groups is 3. The van der Waals surface area contributed by atoms with Crippen LogP contribution in [0.2, 0.25) is 0 Å². The van der Waals surface area contributed by atoms with Crippen molar-refractivity contribution < 1.29 is 19.7 Å². The highest BCUT2D eigenvalue weighted by molar-refractivity contribution is 7.99. The second kappa shape index (κ2) is 6.20. The van der Waals surface area contributed by atoms with Crippen LogP contribution in [0.4, 0.5) is 4.39 Å². The average Bonchev–Trinajstić information content (AvgIpc) is 2.26. The lowest BCUT2D eigenvalue weighted by Crippen LogP contribution is -2.14. The second-order valence-electron chi connectivity index (χ2n) is 3.51. The molecule has 0 aliphatic heterocycles. The lowest BCUT2D eigenvalue weighted by molar-refractivity contribution is 0.113. The van der Waals surface area contributed by atoms with Crippen LogP contribution in [-0.2, 0) is 0 Å². The Morgan fingerprint density at radius 2 is 2.06 bits per heavy atom. The van der Waals surface area contributed by atoms with E-state index >= 15 is 0 Å². The quantitative estimate of drug-likeness (QED) is 0.686. The standard InChI is InChI=1S/C11H15FO3S/c1-7(14)8-2-3-11(10(12)4-8)16-6-9(15)5-13/h2-4,7,9,13-15H,5-6H2,1H3. The van der Waals surface area contributed by atoms with Crippen molar-refractivity contribution in [2.45, 2.75) is 24.0 Å². The highest BCUT2D eigenvalue weighted by atomic mass is 32.2. The summed E-state index contributed by atoms with van der Waals surface area (Å²) in [6.45, 7) is 1.23. The maximum Gasteiger partial charge on any atom is 0.137 e. The van der Waals surface area contributed by atoms with Crippen LogP contribution in [0.1, 0.15) is 18.6 Å². The highest BCUT2D eigenvalue weighted by Gasteiger charge is 2.09. The van der Waals surface area contributed by atoms with Gasteiger partial charge < -0.3 is 15.3 Å². The molecule has 0 aliphatic carbocycles. The summed E-state index contributed by atoms with van der Waals surface area (Å²) in [5.74, 6) is -0.185. The normalized spacial score (nSPS) is 14.8. The SMILES string of the molecule is CC(O)c1ccc(SCC(O)CO)c(F)c1. The molecule has 0 fully saturated rings. The van der Waals surface area contributed by atoms with Crippen molar-refractivity contribution in [3.63, 3.8) is 0 Å². The van der Waals surface area contributed by atoms with Gasteiger partial charge in [-0.25, -0.2) is 4.39 Å². The molecule has 16 heavy (non-hydrogen) atoms. The van der Waals surface area contributed by atoms with Crippen molar-refractivity contribution in [3.05, 3.63) is 29.6 Å². The Bertz CT molecular complexity index is 344. The molecule has 2 unspecified atom stereocenters. The summed E-state index contributed by atoms with van der Waals surface area (Å²) in [4.78, 5) is 0.400. The van der Waals surface area contributed by atoms with Crippen LogP contribution in [0.3, 0.4) is 0 Å². The minimum Gasteiger partial charge on any atom is -0.394 e. The Morgan fingerprint density at radius 1 is 1.38 bits per heavy atom. The zero-order valence-corrected chi connectivity index (χ0v) is 9.75. The van der Waals surface area contributed by atoms with E-state index in [1.165, 1.54) is 6.07 Å². The molecule has 0 saturated carbocycles. The van der Waals surface area contributed by atoms with E-state index in [2.05, 4.69) is 0 Å². The maximum absolute atomic E-state index is 13.5. The molecule has 1 aromatic carbocycles.